The summed E-state index contributed by atoms with van der Waals surface area (Å²) in [4.78, 5) is 34.5. The number of H-pyrrole nitrogens is 1. The predicted octanol–water partition coefficient (Wildman–Crippen LogP) is 3.33. The quantitative estimate of drug-likeness (QED) is 0.567. The van der Waals surface area contributed by atoms with Crippen molar-refractivity contribution in [3.63, 3.8) is 0 Å². The first-order chi connectivity index (χ1) is 14.0. The van der Waals surface area contributed by atoms with Gasteiger partial charge in [0, 0.05) is 25.2 Å². The summed E-state index contributed by atoms with van der Waals surface area (Å²) in [6.45, 7) is 2.65. The molecule has 0 saturated carbocycles. The van der Waals surface area contributed by atoms with Gasteiger partial charge < -0.3 is 14.6 Å². The number of aromatic amines is 1. The highest BCUT2D eigenvalue weighted by Crippen LogP contribution is 2.28. The number of benzene rings is 2. The topological polar surface area (TPSA) is 79.7 Å². The molecule has 4 aromatic rings. The van der Waals surface area contributed by atoms with Gasteiger partial charge in [-0.3, -0.25) is 14.0 Å². The fourth-order valence-electron chi connectivity index (χ4n) is 3.57. The Hall–Kier alpha value is -3.61. The summed E-state index contributed by atoms with van der Waals surface area (Å²) < 4.78 is 7.33. The van der Waals surface area contributed by atoms with Crippen molar-refractivity contribution in [3.05, 3.63) is 64.6 Å². The van der Waals surface area contributed by atoms with Gasteiger partial charge >= 0.3 is 0 Å². The Morgan fingerprint density at radius 1 is 1.21 bits per heavy atom. The van der Waals surface area contributed by atoms with Crippen LogP contribution in [0.5, 0.6) is 5.75 Å². The highest BCUT2D eigenvalue weighted by Gasteiger charge is 2.20. The molecule has 29 heavy (non-hydrogen) atoms. The molecule has 7 heteroatoms. The van der Waals surface area contributed by atoms with Crippen molar-refractivity contribution < 1.29 is 9.53 Å². The maximum Gasteiger partial charge on any atom is 0.274 e. The Balaban J connectivity index is 2.01. The van der Waals surface area contributed by atoms with E-state index in [1.807, 2.05) is 37.3 Å². The van der Waals surface area contributed by atoms with Gasteiger partial charge in [-0.1, -0.05) is 37.3 Å². The van der Waals surface area contributed by atoms with E-state index in [-0.39, 0.29) is 11.5 Å². The Morgan fingerprint density at radius 3 is 2.66 bits per heavy atom. The number of hydrogen-bond donors (Lipinski definition) is 1. The van der Waals surface area contributed by atoms with E-state index in [0.29, 0.717) is 40.2 Å². The lowest BCUT2D eigenvalue weighted by atomic mass is 10.1. The van der Waals surface area contributed by atoms with Crippen LogP contribution in [0, 0.1) is 0 Å². The van der Waals surface area contributed by atoms with Crippen LogP contribution in [0.3, 0.4) is 0 Å². The molecule has 0 radical (unpaired) electrons. The molecule has 0 saturated heterocycles. The number of carbonyl (C=O) groups is 1. The van der Waals surface area contributed by atoms with Gasteiger partial charge in [-0.25, -0.2) is 4.98 Å². The molecule has 2 aromatic carbocycles. The number of aromatic nitrogens is 3. The summed E-state index contributed by atoms with van der Waals surface area (Å²) in [7, 11) is 3.29. The van der Waals surface area contributed by atoms with Crippen LogP contribution in [0.25, 0.3) is 27.9 Å². The van der Waals surface area contributed by atoms with Crippen LogP contribution < -0.4 is 10.3 Å². The summed E-state index contributed by atoms with van der Waals surface area (Å²) in [6, 6.07) is 13.1. The van der Waals surface area contributed by atoms with Crippen molar-refractivity contribution in [2.24, 2.45) is 0 Å². The Kier molecular flexibility index (Phi) is 4.80. The van der Waals surface area contributed by atoms with Crippen molar-refractivity contribution in [3.8, 4) is 17.1 Å². The Bertz CT molecular complexity index is 1260. The summed E-state index contributed by atoms with van der Waals surface area (Å²) in [5.74, 6) is 0.952. The van der Waals surface area contributed by atoms with Crippen LogP contribution >= 0.6 is 0 Å². The van der Waals surface area contributed by atoms with Crippen molar-refractivity contribution >= 4 is 22.5 Å². The molecule has 4 rings (SSSR count). The van der Waals surface area contributed by atoms with E-state index in [2.05, 4.69) is 9.97 Å². The zero-order valence-electron chi connectivity index (χ0n) is 16.6. The molecule has 0 atom stereocenters. The lowest BCUT2D eigenvalue weighted by Gasteiger charge is -2.18. The molecule has 1 N–H and O–H groups in total. The molecule has 0 spiro atoms. The van der Waals surface area contributed by atoms with Crippen molar-refractivity contribution in [1.82, 2.24) is 19.3 Å². The number of hydrogen-bond acceptors (Lipinski definition) is 4. The number of rotatable bonds is 5. The zero-order valence-corrected chi connectivity index (χ0v) is 16.6. The minimum Gasteiger partial charge on any atom is -0.496 e. The Morgan fingerprint density at radius 2 is 1.97 bits per heavy atom. The third-order valence-corrected chi connectivity index (χ3v) is 4.97. The number of nitrogens with zero attached hydrogens (tertiary/aromatic N) is 3. The van der Waals surface area contributed by atoms with Gasteiger partial charge in [-0.15, -0.1) is 0 Å². The van der Waals surface area contributed by atoms with Gasteiger partial charge in [0.2, 0.25) is 0 Å². The minimum atomic E-state index is -0.266. The van der Waals surface area contributed by atoms with E-state index in [9.17, 15) is 9.59 Å². The van der Waals surface area contributed by atoms with Crippen molar-refractivity contribution in [2.45, 2.75) is 13.3 Å². The lowest BCUT2D eigenvalue weighted by Crippen LogP contribution is -2.28. The molecule has 2 heterocycles. The average Bonchev–Trinajstić information content (AvgIpc) is 3.19. The second-order valence-corrected chi connectivity index (χ2v) is 6.92. The van der Waals surface area contributed by atoms with Crippen molar-refractivity contribution in [1.29, 1.82) is 0 Å². The summed E-state index contributed by atoms with van der Waals surface area (Å²) >= 11 is 0. The second kappa shape index (κ2) is 7.43. The monoisotopic (exact) mass is 390 g/mol. The smallest absolute Gasteiger partial charge is 0.274 e. The van der Waals surface area contributed by atoms with Crippen LogP contribution in [0.1, 0.15) is 23.7 Å². The first-order valence-corrected chi connectivity index (χ1v) is 9.47. The first kappa shape index (κ1) is 18.7. The third kappa shape index (κ3) is 3.14. The summed E-state index contributed by atoms with van der Waals surface area (Å²) in [5, 5.41) is 0. The fraction of sp³-hybridized carbons (Fsp3) is 0.227. The standard InChI is InChI=1S/C22H22N4O3/c1-4-10-25(2)22(28)15-11-16-17(12-19(15)29-3)26-18(21(27)24-16)13-23-20(26)14-8-6-5-7-9-14/h5-9,11-13H,4,10H2,1-3H3,(H,24,27). The number of methoxy groups -OCH3 is 1. The van der Waals surface area contributed by atoms with Gasteiger partial charge in [-0.2, -0.15) is 0 Å². The van der Waals surface area contributed by atoms with E-state index in [1.54, 1.807) is 34.7 Å². The molecule has 2 aromatic heterocycles. The summed E-state index contributed by atoms with van der Waals surface area (Å²) in [5.41, 5.74) is 2.72. The highest BCUT2D eigenvalue weighted by atomic mass is 16.5. The number of ether oxygens (including phenoxy) is 1. The van der Waals surface area contributed by atoms with E-state index >= 15 is 0 Å². The van der Waals surface area contributed by atoms with E-state index in [0.717, 1.165) is 12.0 Å². The number of imidazole rings is 1. The number of fused-ring (bicyclic) bond motifs is 3. The van der Waals surface area contributed by atoms with Gasteiger partial charge in [-0.05, 0) is 12.5 Å². The van der Waals surface area contributed by atoms with Crippen molar-refractivity contribution in [2.75, 3.05) is 20.7 Å². The fourth-order valence-corrected chi connectivity index (χ4v) is 3.57. The lowest BCUT2D eigenvalue weighted by molar-refractivity contribution is 0.0792. The van der Waals surface area contributed by atoms with Crippen LogP contribution in [-0.2, 0) is 0 Å². The molecular weight excluding hydrogens is 368 g/mol. The minimum absolute atomic E-state index is 0.152. The van der Waals surface area contributed by atoms with Gasteiger partial charge in [0.15, 0.2) is 0 Å². The maximum absolute atomic E-state index is 12.9. The van der Waals surface area contributed by atoms with Gasteiger partial charge in [0.05, 0.1) is 29.9 Å². The summed E-state index contributed by atoms with van der Waals surface area (Å²) in [6.07, 6.45) is 2.41. The predicted molar refractivity (Wildman–Crippen MR) is 113 cm³/mol. The molecule has 7 nitrogen and oxygen atoms in total. The maximum atomic E-state index is 12.9. The molecule has 0 aliphatic rings. The van der Waals surface area contributed by atoms with E-state index in [4.69, 9.17) is 4.74 Å². The van der Waals surface area contributed by atoms with Crippen LogP contribution in [0.4, 0.5) is 0 Å². The number of carbonyl (C=O) groups excluding carboxylic acids is 1. The van der Waals surface area contributed by atoms with E-state index < -0.39 is 0 Å². The molecule has 148 valence electrons. The van der Waals surface area contributed by atoms with Crippen LogP contribution in [-0.4, -0.2) is 45.9 Å². The molecule has 0 aliphatic carbocycles. The molecule has 1 amide bonds. The third-order valence-electron chi connectivity index (χ3n) is 4.97. The molecule has 0 aliphatic heterocycles. The first-order valence-electron chi connectivity index (χ1n) is 9.47. The normalized spacial score (nSPS) is 11.1. The number of nitrogens with one attached hydrogen (secondary N) is 1. The van der Waals surface area contributed by atoms with Crippen LogP contribution in [0.15, 0.2) is 53.5 Å². The van der Waals surface area contributed by atoms with E-state index in [1.165, 1.54) is 7.11 Å². The molecule has 0 bridgehead atoms. The van der Waals surface area contributed by atoms with Gasteiger partial charge in [0.25, 0.3) is 11.5 Å². The largest absolute Gasteiger partial charge is 0.496 e. The van der Waals surface area contributed by atoms with Gasteiger partial charge in [0.1, 0.15) is 17.1 Å². The molecular formula is C22H22N4O3. The van der Waals surface area contributed by atoms with Crippen LogP contribution in [0.2, 0.25) is 0 Å². The zero-order chi connectivity index (χ0) is 20.5. The molecule has 0 unspecified atom stereocenters. The molecule has 0 fully saturated rings. The highest BCUT2D eigenvalue weighted by molar-refractivity contribution is 6.00. The Labute approximate surface area is 167 Å². The SMILES string of the molecule is CCCN(C)C(=O)c1cc2[nH]c(=O)c3cnc(-c4ccccc4)n3c2cc1OC. The second-order valence-electron chi connectivity index (χ2n) is 6.92. The number of amides is 1. The average molecular weight is 390 g/mol.